The number of para-hydroxylation sites is 1. The minimum absolute atomic E-state index is 0.0279. The van der Waals surface area contributed by atoms with E-state index in [1.54, 1.807) is 24.3 Å². The number of nitrogens with zero attached hydrogens (tertiary/aromatic N) is 2. The summed E-state index contributed by atoms with van der Waals surface area (Å²) in [6.45, 7) is 0. The van der Waals surface area contributed by atoms with Gasteiger partial charge in [-0.2, -0.15) is 0 Å². The van der Waals surface area contributed by atoms with Crippen LogP contribution < -0.4 is 15.0 Å². The molecule has 4 aromatic rings. The molecule has 1 aliphatic heterocycles. The molecular formula is C22H12F3N3O5S. The number of carbonyl (C=O) groups excluding carboxylic acids is 1. The van der Waals surface area contributed by atoms with Gasteiger partial charge in [0.25, 0.3) is 15.6 Å². The Kier molecular flexibility index (Phi) is 4.72. The number of fused-ring (bicyclic) bond motifs is 4. The van der Waals surface area contributed by atoms with Gasteiger partial charge >= 0.3 is 6.36 Å². The third kappa shape index (κ3) is 3.67. The Hall–Kier alpha value is -4.19. The van der Waals surface area contributed by atoms with E-state index in [9.17, 15) is 31.2 Å². The molecule has 3 aromatic carbocycles. The third-order valence-electron chi connectivity index (χ3n) is 5.08. The number of sulfonamides is 1. The molecule has 5 rings (SSSR count). The average Bonchev–Trinajstić information content (AvgIpc) is 3.06. The Balaban J connectivity index is 1.51. The minimum atomic E-state index is -4.91. The van der Waals surface area contributed by atoms with E-state index in [4.69, 9.17) is 0 Å². The minimum Gasteiger partial charge on any atom is -0.406 e. The second-order valence-electron chi connectivity index (χ2n) is 7.28. The highest BCUT2D eigenvalue weighted by Gasteiger charge is 2.31. The number of aromatic nitrogens is 2. The predicted molar refractivity (Wildman–Crippen MR) is 115 cm³/mol. The van der Waals surface area contributed by atoms with Gasteiger partial charge in [0.05, 0.1) is 27.0 Å². The first kappa shape index (κ1) is 21.6. The van der Waals surface area contributed by atoms with Gasteiger partial charge in [-0.3, -0.25) is 18.9 Å². The van der Waals surface area contributed by atoms with E-state index in [-0.39, 0.29) is 27.3 Å². The molecule has 1 aromatic heterocycles. The monoisotopic (exact) mass is 487 g/mol. The van der Waals surface area contributed by atoms with Crippen LogP contribution in [0.15, 0.2) is 76.4 Å². The second kappa shape index (κ2) is 7.42. The van der Waals surface area contributed by atoms with Crippen molar-refractivity contribution in [2.24, 2.45) is 0 Å². The van der Waals surface area contributed by atoms with Gasteiger partial charge in [-0.05, 0) is 54.6 Å². The van der Waals surface area contributed by atoms with Crippen molar-refractivity contribution in [1.82, 2.24) is 9.55 Å². The summed E-state index contributed by atoms with van der Waals surface area (Å²) in [5.74, 6) is -0.995. The first-order valence-electron chi connectivity index (χ1n) is 9.63. The molecule has 0 radical (unpaired) electrons. The number of nitrogens with one attached hydrogen (secondary N) is 1. The molecule has 0 aliphatic carbocycles. The van der Waals surface area contributed by atoms with E-state index < -0.39 is 33.5 Å². The van der Waals surface area contributed by atoms with Gasteiger partial charge < -0.3 is 4.74 Å². The molecule has 12 heteroatoms. The molecule has 0 unspecified atom stereocenters. The number of carbonyl (C=O) groups is 1. The molecule has 1 N–H and O–H groups in total. The van der Waals surface area contributed by atoms with Crippen LogP contribution in [0.3, 0.4) is 0 Å². The van der Waals surface area contributed by atoms with Crippen LogP contribution in [0, 0.1) is 0 Å². The zero-order chi connectivity index (χ0) is 24.3. The topological polar surface area (TPSA) is 107 Å². The number of hydrogen-bond acceptors (Lipinski definition) is 6. The normalized spacial score (nSPS) is 13.0. The molecule has 0 bridgehead atoms. The number of hydrogen-bond donors (Lipinski definition) is 1. The van der Waals surface area contributed by atoms with E-state index in [0.29, 0.717) is 11.3 Å². The molecule has 0 spiro atoms. The van der Waals surface area contributed by atoms with Crippen molar-refractivity contribution in [3.8, 4) is 11.4 Å². The number of benzene rings is 3. The molecule has 1 aliphatic rings. The zero-order valence-corrected chi connectivity index (χ0v) is 17.6. The first-order valence-corrected chi connectivity index (χ1v) is 11.1. The van der Waals surface area contributed by atoms with E-state index >= 15 is 0 Å². The fourth-order valence-electron chi connectivity index (χ4n) is 3.64. The van der Waals surface area contributed by atoms with Crippen LogP contribution in [0.1, 0.15) is 16.2 Å². The molecule has 2 heterocycles. The van der Waals surface area contributed by atoms with Crippen molar-refractivity contribution in [2.45, 2.75) is 11.3 Å². The van der Waals surface area contributed by atoms with Gasteiger partial charge in [0.15, 0.2) is 5.82 Å². The predicted octanol–water partition coefficient (Wildman–Crippen LogP) is 3.63. The lowest BCUT2D eigenvalue weighted by atomic mass is 10.1. The van der Waals surface area contributed by atoms with Crippen LogP contribution >= 0.6 is 0 Å². The number of alkyl halides is 3. The van der Waals surface area contributed by atoms with E-state index in [0.717, 1.165) is 24.3 Å². The maximum atomic E-state index is 13.2. The highest BCUT2D eigenvalue weighted by molar-refractivity contribution is 7.92. The Morgan fingerprint density at radius 1 is 0.941 bits per heavy atom. The van der Waals surface area contributed by atoms with E-state index in [1.165, 1.54) is 22.8 Å². The van der Waals surface area contributed by atoms with Gasteiger partial charge in [-0.25, -0.2) is 13.4 Å². The summed E-state index contributed by atoms with van der Waals surface area (Å²) >= 11 is 0. The van der Waals surface area contributed by atoms with Crippen molar-refractivity contribution in [3.63, 3.8) is 0 Å². The van der Waals surface area contributed by atoms with Crippen LogP contribution in [-0.2, 0) is 10.0 Å². The molecule has 0 fully saturated rings. The lowest BCUT2D eigenvalue weighted by molar-refractivity contribution is -0.274. The summed E-state index contributed by atoms with van der Waals surface area (Å²) < 4.78 is 69.5. The smallest absolute Gasteiger partial charge is 0.406 e. The molecular weight excluding hydrogens is 475 g/mol. The Morgan fingerprint density at radius 3 is 2.35 bits per heavy atom. The molecule has 0 atom stereocenters. The fraction of sp³-hybridized carbons (Fsp3) is 0.0455. The van der Waals surface area contributed by atoms with Gasteiger partial charge in [-0.15, -0.1) is 13.2 Å². The molecule has 0 saturated carbocycles. The summed E-state index contributed by atoms with van der Waals surface area (Å²) in [5.41, 5.74) is 0.400. The van der Waals surface area contributed by atoms with Crippen LogP contribution in [0.25, 0.3) is 16.6 Å². The van der Waals surface area contributed by atoms with Crippen molar-refractivity contribution in [1.29, 1.82) is 0 Å². The molecule has 34 heavy (non-hydrogen) atoms. The van der Waals surface area contributed by atoms with Crippen molar-refractivity contribution in [2.75, 3.05) is 4.72 Å². The summed E-state index contributed by atoms with van der Waals surface area (Å²) in [5, 5.41) is 0.0716. The molecule has 0 saturated heterocycles. The van der Waals surface area contributed by atoms with Gasteiger partial charge in [0.2, 0.25) is 5.78 Å². The number of ether oxygens (including phenoxy) is 1. The maximum absolute atomic E-state index is 13.2. The van der Waals surface area contributed by atoms with Crippen molar-refractivity contribution < 1.29 is 31.1 Å². The molecule has 0 amide bonds. The Bertz CT molecular complexity index is 1650. The SMILES string of the molecule is O=C1c2ccccc2-n2c1nc1ccc(NS(=O)(=O)c3ccc(OC(F)(F)F)cc3)cc1c2=O. The largest absolute Gasteiger partial charge is 0.573 e. The summed E-state index contributed by atoms with van der Waals surface area (Å²) in [6, 6.07) is 14.2. The third-order valence-corrected chi connectivity index (χ3v) is 6.48. The highest BCUT2D eigenvalue weighted by atomic mass is 32.2. The van der Waals surface area contributed by atoms with E-state index in [1.807, 2.05) is 0 Å². The molecule has 172 valence electrons. The van der Waals surface area contributed by atoms with Crippen molar-refractivity contribution >= 4 is 32.4 Å². The standard InChI is InChI=1S/C22H12F3N3O5S/c23-22(24,25)33-13-6-8-14(9-7-13)34(31,32)27-12-5-10-17-16(11-12)21(30)28-18-4-2-1-3-15(18)19(29)20(28)26-17/h1-11,27H. The highest BCUT2D eigenvalue weighted by Crippen LogP contribution is 2.28. The maximum Gasteiger partial charge on any atom is 0.573 e. The lowest BCUT2D eigenvalue weighted by Crippen LogP contribution is -2.22. The summed E-state index contributed by atoms with van der Waals surface area (Å²) in [7, 11) is -4.19. The number of anilines is 1. The first-order chi connectivity index (χ1) is 16.0. The average molecular weight is 487 g/mol. The van der Waals surface area contributed by atoms with Crippen LogP contribution in [0.2, 0.25) is 0 Å². The number of rotatable bonds is 4. The van der Waals surface area contributed by atoms with Crippen molar-refractivity contribution in [3.05, 3.63) is 88.5 Å². The Labute approximate surface area is 189 Å². The zero-order valence-electron chi connectivity index (χ0n) is 16.8. The van der Waals surface area contributed by atoms with E-state index in [2.05, 4.69) is 14.4 Å². The number of ketones is 1. The van der Waals surface area contributed by atoms with Gasteiger partial charge in [0, 0.05) is 5.69 Å². The Morgan fingerprint density at radius 2 is 1.65 bits per heavy atom. The van der Waals surface area contributed by atoms with Crippen LogP contribution in [0.5, 0.6) is 5.75 Å². The van der Waals surface area contributed by atoms with Gasteiger partial charge in [-0.1, -0.05) is 12.1 Å². The summed E-state index contributed by atoms with van der Waals surface area (Å²) in [4.78, 5) is 29.7. The number of halogens is 3. The molecule has 8 nitrogen and oxygen atoms in total. The second-order valence-corrected chi connectivity index (χ2v) is 8.96. The fourth-order valence-corrected chi connectivity index (χ4v) is 4.69. The summed E-state index contributed by atoms with van der Waals surface area (Å²) in [6.07, 6.45) is -4.91. The quantitative estimate of drug-likeness (QED) is 0.415. The van der Waals surface area contributed by atoms with Crippen LogP contribution in [0.4, 0.5) is 18.9 Å². The van der Waals surface area contributed by atoms with Crippen LogP contribution in [-0.4, -0.2) is 30.1 Å². The lowest BCUT2D eigenvalue weighted by Gasteiger charge is -2.11. The van der Waals surface area contributed by atoms with Gasteiger partial charge in [0.1, 0.15) is 5.75 Å².